The minimum atomic E-state index is -0.704. The Morgan fingerprint density at radius 1 is 1.18 bits per heavy atom. The number of halogens is 1. The van der Waals surface area contributed by atoms with Crippen molar-refractivity contribution in [2.24, 2.45) is 0 Å². The van der Waals surface area contributed by atoms with Crippen LogP contribution in [0, 0.1) is 0 Å². The SMILES string of the molecule is COC(=O)/C=C(/Nc1cccc2ccc(Cl)nc12)C(=O)OC. The van der Waals surface area contributed by atoms with Gasteiger partial charge in [-0.1, -0.05) is 23.7 Å². The standard InChI is InChI=1S/C15H13ClN2O4/c1-21-13(19)8-11(15(20)22-2)17-10-5-3-4-9-6-7-12(16)18-14(9)10/h3-8,17H,1-2H3/b11-8+. The van der Waals surface area contributed by atoms with E-state index in [1.807, 2.05) is 6.07 Å². The lowest BCUT2D eigenvalue weighted by molar-refractivity contribution is -0.138. The summed E-state index contributed by atoms with van der Waals surface area (Å²) in [6.07, 6.45) is 1.01. The van der Waals surface area contributed by atoms with Crippen LogP contribution in [0.15, 0.2) is 42.1 Å². The maximum absolute atomic E-state index is 11.8. The van der Waals surface area contributed by atoms with Gasteiger partial charge in [0.25, 0.3) is 0 Å². The molecule has 0 aliphatic heterocycles. The topological polar surface area (TPSA) is 77.5 Å². The zero-order chi connectivity index (χ0) is 16.1. The van der Waals surface area contributed by atoms with Crippen LogP contribution in [0.1, 0.15) is 0 Å². The minimum absolute atomic E-state index is 0.0661. The van der Waals surface area contributed by atoms with E-state index in [9.17, 15) is 9.59 Å². The van der Waals surface area contributed by atoms with E-state index < -0.39 is 11.9 Å². The van der Waals surface area contributed by atoms with Gasteiger partial charge in [-0.25, -0.2) is 14.6 Å². The number of pyridine rings is 1. The Hall–Kier alpha value is -2.60. The first kappa shape index (κ1) is 15.8. The van der Waals surface area contributed by atoms with Crippen LogP contribution >= 0.6 is 11.6 Å². The van der Waals surface area contributed by atoms with Gasteiger partial charge in [0.15, 0.2) is 0 Å². The van der Waals surface area contributed by atoms with Crippen molar-refractivity contribution >= 4 is 40.1 Å². The fraction of sp³-hybridized carbons (Fsp3) is 0.133. The molecule has 114 valence electrons. The van der Waals surface area contributed by atoms with Crippen LogP contribution in [-0.2, 0) is 19.1 Å². The predicted octanol–water partition coefficient (Wildman–Crippen LogP) is 2.53. The van der Waals surface area contributed by atoms with Gasteiger partial charge in [0, 0.05) is 5.39 Å². The number of esters is 2. The first-order valence-corrected chi connectivity index (χ1v) is 6.63. The molecule has 1 aromatic carbocycles. The van der Waals surface area contributed by atoms with Crippen molar-refractivity contribution < 1.29 is 19.1 Å². The predicted molar refractivity (Wildman–Crippen MR) is 82.5 cm³/mol. The summed E-state index contributed by atoms with van der Waals surface area (Å²) in [6.45, 7) is 0. The average Bonchev–Trinajstić information content (AvgIpc) is 2.53. The van der Waals surface area contributed by atoms with Gasteiger partial charge in [-0.2, -0.15) is 0 Å². The number of carbonyl (C=O) groups is 2. The lowest BCUT2D eigenvalue weighted by Gasteiger charge is -2.11. The van der Waals surface area contributed by atoms with Crippen molar-refractivity contribution in [1.82, 2.24) is 4.98 Å². The third-order valence-electron chi connectivity index (χ3n) is 2.82. The summed E-state index contributed by atoms with van der Waals surface area (Å²) >= 11 is 5.90. The molecule has 0 spiro atoms. The van der Waals surface area contributed by atoms with Crippen molar-refractivity contribution in [2.45, 2.75) is 0 Å². The number of fused-ring (bicyclic) bond motifs is 1. The summed E-state index contributed by atoms with van der Waals surface area (Å²) in [6, 6.07) is 8.82. The number of hydrogen-bond acceptors (Lipinski definition) is 6. The van der Waals surface area contributed by atoms with E-state index in [0.29, 0.717) is 16.4 Å². The van der Waals surface area contributed by atoms with Crippen molar-refractivity contribution in [3.05, 3.63) is 47.3 Å². The van der Waals surface area contributed by atoms with Gasteiger partial charge in [0.2, 0.25) is 0 Å². The molecule has 1 N–H and O–H groups in total. The third kappa shape index (κ3) is 3.53. The molecule has 0 atom stereocenters. The largest absolute Gasteiger partial charge is 0.466 e. The molecule has 1 heterocycles. The maximum Gasteiger partial charge on any atom is 0.354 e. The van der Waals surface area contributed by atoms with Gasteiger partial charge in [0.05, 0.1) is 31.5 Å². The van der Waals surface area contributed by atoms with Gasteiger partial charge >= 0.3 is 11.9 Å². The number of nitrogens with zero attached hydrogens (tertiary/aromatic N) is 1. The highest BCUT2D eigenvalue weighted by Gasteiger charge is 2.14. The van der Waals surface area contributed by atoms with Gasteiger partial charge in [-0.3, -0.25) is 0 Å². The second-order valence-corrected chi connectivity index (χ2v) is 4.60. The molecule has 0 radical (unpaired) electrons. The highest BCUT2D eigenvalue weighted by atomic mass is 35.5. The molecule has 0 unspecified atom stereocenters. The van der Waals surface area contributed by atoms with Gasteiger partial charge in [0.1, 0.15) is 10.9 Å². The minimum Gasteiger partial charge on any atom is -0.466 e. The number of nitrogens with one attached hydrogen (secondary N) is 1. The lowest BCUT2D eigenvalue weighted by Crippen LogP contribution is -2.15. The molecule has 0 saturated carbocycles. The van der Waals surface area contributed by atoms with E-state index in [1.54, 1.807) is 24.3 Å². The number of methoxy groups -OCH3 is 2. The Kier molecular flexibility index (Phi) is 4.95. The fourth-order valence-corrected chi connectivity index (χ4v) is 1.95. The molecule has 0 bridgehead atoms. The van der Waals surface area contributed by atoms with Crippen molar-refractivity contribution in [3.63, 3.8) is 0 Å². The summed E-state index contributed by atoms with van der Waals surface area (Å²) in [4.78, 5) is 27.4. The summed E-state index contributed by atoms with van der Waals surface area (Å²) in [5.74, 6) is -1.39. The zero-order valence-electron chi connectivity index (χ0n) is 11.9. The number of para-hydroxylation sites is 1. The number of rotatable bonds is 4. The quantitative estimate of drug-likeness (QED) is 0.530. The average molecular weight is 321 g/mol. The zero-order valence-corrected chi connectivity index (χ0v) is 12.7. The molecule has 22 heavy (non-hydrogen) atoms. The molecule has 6 nitrogen and oxygen atoms in total. The molecule has 0 aliphatic carbocycles. The lowest BCUT2D eigenvalue weighted by atomic mass is 10.2. The highest BCUT2D eigenvalue weighted by molar-refractivity contribution is 6.29. The van der Waals surface area contributed by atoms with Gasteiger partial charge in [-0.15, -0.1) is 0 Å². The Morgan fingerprint density at radius 2 is 1.95 bits per heavy atom. The molecule has 2 rings (SSSR count). The molecular formula is C15H13ClN2O4. The Labute approximate surface area is 131 Å². The van der Waals surface area contributed by atoms with E-state index in [2.05, 4.69) is 19.8 Å². The first-order valence-electron chi connectivity index (χ1n) is 6.25. The number of anilines is 1. The van der Waals surface area contributed by atoms with Crippen LogP contribution in [0.5, 0.6) is 0 Å². The molecule has 2 aromatic rings. The maximum atomic E-state index is 11.8. The van der Waals surface area contributed by atoms with E-state index >= 15 is 0 Å². The fourth-order valence-electron chi connectivity index (χ4n) is 1.80. The Morgan fingerprint density at radius 3 is 2.64 bits per heavy atom. The van der Waals surface area contributed by atoms with Crippen molar-refractivity contribution in [3.8, 4) is 0 Å². The monoisotopic (exact) mass is 320 g/mol. The normalized spacial score (nSPS) is 11.1. The smallest absolute Gasteiger partial charge is 0.354 e. The Balaban J connectivity index is 2.46. The molecule has 7 heteroatoms. The number of ether oxygens (including phenoxy) is 2. The van der Waals surface area contributed by atoms with Crippen LogP contribution in [0.3, 0.4) is 0 Å². The molecule has 0 saturated heterocycles. The van der Waals surface area contributed by atoms with E-state index in [4.69, 9.17) is 11.6 Å². The molecule has 0 fully saturated rings. The number of aromatic nitrogens is 1. The summed E-state index contributed by atoms with van der Waals surface area (Å²) < 4.78 is 9.16. The van der Waals surface area contributed by atoms with Crippen LogP contribution in [-0.4, -0.2) is 31.1 Å². The molecule has 1 aromatic heterocycles. The molecular weight excluding hydrogens is 308 g/mol. The van der Waals surface area contributed by atoms with E-state index in [-0.39, 0.29) is 5.70 Å². The number of benzene rings is 1. The van der Waals surface area contributed by atoms with Crippen LogP contribution in [0.2, 0.25) is 5.15 Å². The van der Waals surface area contributed by atoms with Crippen LogP contribution in [0.4, 0.5) is 5.69 Å². The van der Waals surface area contributed by atoms with Gasteiger partial charge < -0.3 is 14.8 Å². The number of carbonyl (C=O) groups excluding carboxylic acids is 2. The van der Waals surface area contributed by atoms with Crippen LogP contribution in [0.25, 0.3) is 10.9 Å². The van der Waals surface area contributed by atoms with Crippen molar-refractivity contribution in [2.75, 3.05) is 19.5 Å². The third-order valence-corrected chi connectivity index (χ3v) is 3.03. The second kappa shape index (κ2) is 6.91. The molecule has 0 amide bonds. The summed E-state index contributed by atoms with van der Waals surface area (Å²) in [7, 11) is 2.43. The van der Waals surface area contributed by atoms with Crippen molar-refractivity contribution in [1.29, 1.82) is 0 Å². The number of hydrogen-bond donors (Lipinski definition) is 1. The van der Waals surface area contributed by atoms with E-state index in [1.165, 1.54) is 14.2 Å². The van der Waals surface area contributed by atoms with Crippen LogP contribution < -0.4 is 5.32 Å². The highest BCUT2D eigenvalue weighted by Crippen LogP contribution is 2.24. The van der Waals surface area contributed by atoms with Gasteiger partial charge in [-0.05, 0) is 18.2 Å². The Bertz CT molecular complexity index is 758. The van der Waals surface area contributed by atoms with E-state index in [0.717, 1.165) is 11.5 Å². The summed E-state index contributed by atoms with van der Waals surface area (Å²) in [5, 5.41) is 3.98. The molecule has 0 aliphatic rings. The summed E-state index contributed by atoms with van der Waals surface area (Å²) in [5.41, 5.74) is 1.01. The first-order chi connectivity index (χ1) is 10.5. The second-order valence-electron chi connectivity index (χ2n) is 4.21.